The molecule has 1 heterocycles. The number of hydrogen-bond acceptors (Lipinski definition) is 2. The molecule has 1 saturated heterocycles. The van der Waals surface area contributed by atoms with Gasteiger partial charge in [0.2, 0.25) is 5.91 Å². The molecule has 1 amide bonds. The number of likely N-dealkylation sites (tertiary alicyclic amines) is 1. The minimum atomic E-state index is -0.0233. The van der Waals surface area contributed by atoms with E-state index in [1.807, 2.05) is 18.7 Å². The summed E-state index contributed by atoms with van der Waals surface area (Å²) >= 11 is 0. The number of carbonyl (C=O) groups excluding carboxylic acids is 1. The summed E-state index contributed by atoms with van der Waals surface area (Å²) in [5.74, 6) is 1.06. The molecule has 0 radical (unpaired) electrons. The van der Waals surface area contributed by atoms with Crippen LogP contribution in [0.2, 0.25) is 0 Å². The van der Waals surface area contributed by atoms with Crippen molar-refractivity contribution in [1.82, 2.24) is 4.90 Å². The second-order valence-corrected chi connectivity index (χ2v) is 4.86. The third-order valence-electron chi connectivity index (χ3n) is 3.17. The van der Waals surface area contributed by atoms with Crippen molar-refractivity contribution in [2.45, 2.75) is 32.2 Å². The lowest BCUT2D eigenvalue weighted by Crippen LogP contribution is -2.70. The molecule has 0 aromatic carbocycles. The van der Waals surface area contributed by atoms with Gasteiger partial charge in [-0.25, -0.2) is 0 Å². The van der Waals surface area contributed by atoms with Gasteiger partial charge in [-0.2, -0.15) is 0 Å². The summed E-state index contributed by atoms with van der Waals surface area (Å²) in [6.07, 6.45) is 2.53. The van der Waals surface area contributed by atoms with Crippen molar-refractivity contribution < 1.29 is 4.79 Å². The molecule has 2 N–H and O–H groups in total. The van der Waals surface area contributed by atoms with Crippen LogP contribution < -0.4 is 5.73 Å². The molecule has 2 aliphatic rings. The van der Waals surface area contributed by atoms with Crippen LogP contribution in [0.3, 0.4) is 0 Å². The zero-order valence-electron chi connectivity index (χ0n) is 8.42. The van der Waals surface area contributed by atoms with E-state index in [-0.39, 0.29) is 17.4 Å². The average Bonchev–Trinajstić information content (AvgIpc) is 2.79. The third-order valence-corrected chi connectivity index (χ3v) is 3.17. The van der Waals surface area contributed by atoms with Crippen molar-refractivity contribution in [1.29, 1.82) is 0 Å². The predicted octanol–water partition coefficient (Wildman–Crippen LogP) is 0.592. The van der Waals surface area contributed by atoms with Crippen LogP contribution in [0.15, 0.2) is 0 Å². The van der Waals surface area contributed by atoms with Crippen molar-refractivity contribution in [3.8, 4) is 0 Å². The Morgan fingerprint density at radius 3 is 2.38 bits per heavy atom. The summed E-state index contributed by atoms with van der Waals surface area (Å²) in [5, 5.41) is 0. The second kappa shape index (κ2) is 2.71. The smallest absolute Gasteiger partial charge is 0.225 e. The maximum Gasteiger partial charge on any atom is 0.225 e. The van der Waals surface area contributed by atoms with Gasteiger partial charge in [-0.05, 0) is 18.8 Å². The molecular weight excluding hydrogens is 164 g/mol. The molecule has 0 spiro atoms. The van der Waals surface area contributed by atoms with Gasteiger partial charge >= 0.3 is 0 Å². The number of nitrogens with zero attached hydrogens (tertiary/aromatic N) is 1. The van der Waals surface area contributed by atoms with E-state index in [1.165, 1.54) is 12.8 Å². The van der Waals surface area contributed by atoms with E-state index in [9.17, 15) is 4.79 Å². The van der Waals surface area contributed by atoms with Gasteiger partial charge in [0, 0.05) is 19.0 Å². The molecule has 0 aromatic heterocycles. The number of hydrogen-bond donors (Lipinski definition) is 1. The summed E-state index contributed by atoms with van der Waals surface area (Å²) in [6.45, 7) is 5.45. The van der Waals surface area contributed by atoms with E-state index in [2.05, 4.69) is 0 Å². The van der Waals surface area contributed by atoms with Crippen molar-refractivity contribution in [3.63, 3.8) is 0 Å². The maximum absolute atomic E-state index is 11.5. The summed E-state index contributed by atoms with van der Waals surface area (Å²) in [5.41, 5.74) is 6.12. The van der Waals surface area contributed by atoms with Gasteiger partial charge in [0.05, 0.1) is 5.54 Å². The van der Waals surface area contributed by atoms with E-state index >= 15 is 0 Å². The van der Waals surface area contributed by atoms with Crippen LogP contribution in [0.4, 0.5) is 0 Å². The zero-order chi connectivity index (χ0) is 9.64. The molecule has 3 nitrogen and oxygen atoms in total. The standard InChI is InChI=1S/C10H18N2O/c1-7(2)9(13)12-5-10(11,6-12)8-3-4-8/h7-8H,3-6,11H2,1-2H3. The lowest BCUT2D eigenvalue weighted by atomic mass is 9.85. The Bertz CT molecular complexity index is 227. The normalized spacial score (nSPS) is 26.0. The molecule has 0 atom stereocenters. The van der Waals surface area contributed by atoms with Crippen LogP contribution in [-0.4, -0.2) is 29.4 Å². The minimum Gasteiger partial charge on any atom is -0.339 e. The first-order chi connectivity index (χ1) is 6.03. The van der Waals surface area contributed by atoms with Crippen LogP contribution in [0.5, 0.6) is 0 Å². The monoisotopic (exact) mass is 182 g/mol. The SMILES string of the molecule is CC(C)C(=O)N1CC(N)(C2CC2)C1. The van der Waals surface area contributed by atoms with Crippen molar-refractivity contribution >= 4 is 5.91 Å². The summed E-state index contributed by atoms with van der Waals surface area (Å²) < 4.78 is 0. The number of carbonyl (C=O) groups is 1. The fourth-order valence-corrected chi connectivity index (χ4v) is 2.10. The lowest BCUT2D eigenvalue weighted by molar-refractivity contribution is -0.142. The summed E-state index contributed by atoms with van der Waals surface area (Å²) in [4.78, 5) is 13.4. The highest BCUT2D eigenvalue weighted by Crippen LogP contribution is 2.43. The van der Waals surface area contributed by atoms with Crippen LogP contribution in [0, 0.1) is 11.8 Å². The topological polar surface area (TPSA) is 46.3 Å². The van der Waals surface area contributed by atoms with Gasteiger partial charge in [-0.15, -0.1) is 0 Å². The van der Waals surface area contributed by atoms with Crippen LogP contribution in [0.25, 0.3) is 0 Å². The molecule has 13 heavy (non-hydrogen) atoms. The Morgan fingerprint density at radius 1 is 1.46 bits per heavy atom. The molecule has 2 rings (SSSR count). The van der Waals surface area contributed by atoms with Crippen molar-refractivity contribution in [2.75, 3.05) is 13.1 Å². The number of amides is 1. The molecule has 1 aliphatic heterocycles. The Balaban J connectivity index is 1.86. The first-order valence-electron chi connectivity index (χ1n) is 5.10. The first kappa shape index (κ1) is 9.00. The zero-order valence-corrected chi connectivity index (χ0v) is 8.42. The van der Waals surface area contributed by atoms with E-state index in [0.29, 0.717) is 5.92 Å². The fraction of sp³-hybridized carbons (Fsp3) is 0.900. The molecular formula is C10H18N2O. The molecule has 74 valence electrons. The van der Waals surface area contributed by atoms with Gasteiger partial charge in [-0.3, -0.25) is 4.79 Å². The largest absolute Gasteiger partial charge is 0.339 e. The third kappa shape index (κ3) is 1.46. The Hall–Kier alpha value is -0.570. The Labute approximate surface area is 79.3 Å². The molecule has 0 unspecified atom stereocenters. The number of nitrogens with two attached hydrogens (primary N) is 1. The summed E-state index contributed by atoms with van der Waals surface area (Å²) in [6, 6.07) is 0. The molecule has 0 bridgehead atoms. The fourth-order valence-electron chi connectivity index (χ4n) is 2.10. The van der Waals surface area contributed by atoms with E-state index in [0.717, 1.165) is 13.1 Å². The molecule has 2 fully saturated rings. The van der Waals surface area contributed by atoms with E-state index in [1.54, 1.807) is 0 Å². The Kier molecular flexibility index (Phi) is 1.88. The summed E-state index contributed by atoms with van der Waals surface area (Å²) in [7, 11) is 0. The Morgan fingerprint density at radius 2 is 2.00 bits per heavy atom. The van der Waals surface area contributed by atoms with Crippen molar-refractivity contribution in [2.24, 2.45) is 17.6 Å². The second-order valence-electron chi connectivity index (χ2n) is 4.86. The molecule has 1 aliphatic carbocycles. The highest BCUT2D eigenvalue weighted by Gasteiger charge is 2.51. The van der Waals surface area contributed by atoms with Crippen LogP contribution >= 0.6 is 0 Å². The van der Waals surface area contributed by atoms with Gasteiger partial charge in [0.1, 0.15) is 0 Å². The quantitative estimate of drug-likeness (QED) is 0.679. The molecule has 3 heteroatoms. The van der Waals surface area contributed by atoms with Gasteiger partial charge < -0.3 is 10.6 Å². The van der Waals surface area contributed by atoms with Gasteiger partial charge in [0.25, 0.3) is 0 Å². The maximum atomic E-state index is 11.5. The van der Waals surface area contributed by atoms with Crippen molar-refractivity contribution in [3.05, 3.63) is 0 Å². The first-order valence-corrected chi connectivity index (χ1v) is 5.10. The number of rotatable bonds is 2. The van der Waals surface area contributed by atoms with Gasteiger partial charge in [-0.1, -0.05) is 13.8 Å². The van der Waals surface area contributed by atoms with Gasteiger partial charge in [0.15, 0.2) is 0 Å². The van der Waals surface area contributed by atoms with E-state index < -0.39 is 0 Å². The average molecular weight is 182 g/mol. The molecule has 1 saturated carbocycles. The highest BCUT2D eigenvalue weighted by molar-refractivity contribution is 5.79. The highest BCUT2D eigenvalue weighted by atomic mass is 16.2. The predicted molar refractivity (Wildman–Crippen MR) is 51.1 cm³/mol. The lowest BCUT2D eigenvalue weighted by Gasteiger charge is -2.48. The van der Waals surface area contributed by atoms with Crippen LogP contribution in [0.1, 0.15) is 26.7 Å². The molecule has 0 aromatic rings. The van der Waals surface area contributed by atoms with E-state index in [4.69, 9.17) is 5.73 Å². The minimum absolute atomic E-state index is 0.0233. The van der Waals surface area contributed by atoms with Crippen LogP contribution in [-0.2, 0) is 4.79 Å².